The van der Waals surface area contributed by atoms with Gasteiger partial charge in [-0.15, -0.1) is 0 Å². The van der Waals surface area contributed by atoms with E-state index in [1.165, 1.54) is 13.2 Å². The van der Waals surface area contributed by atoms with Crippen molar-refractivity contribution in [3.63, 3.8) is 0 Å². The molecule has 0 spiro atoms. The van der Waals surface area contributed by atoms with Crippen LogP contribution < -0.4 is 15.5 Å². The second-order valence-corrected chi connectivity index (χ2v) is 6.19. The maximum atomic E-state index is 12.6. The number of phenolic OH excluding ortho intramolecular Hbond substituents is 1. The number of nitrogens with zero attached hydrogens (tertiary/aromatic N) is 2. The molecule has 0 saturated carbocycles. The summed E-state index contributed by atoms with van der Waals surface area (Å²) in [5.74, 6) is -1.35. The Morgan fingerprint density at radius 2 is 2.00 bits per heavy atom. The predicted molar refractivity (Wildman–Crippen MR) is 111 cm³/mol. The van der Waals surface area contributed by atoms with Gasteiger partial charge in [0, 0.05) is 18.1 Å². The van der Waals surface area contributed by atoms with Crippen molar-refractivity contribution in [1.29, 1.82) is 0 Å². The fourth-order valence-electron chi connectivity index (χ4n) is 2.61. The molecule has 11 heteroatoms. The Morgan fingerprint density at radius 3 is 2.61 bits per heavy atom. The maximum Gasteiger partial charge on any atom is 0.407 e. The molecule has 0 bridgehead atoms. The summed E-state index contributed by atoms with van der Waals surface area (Å²) in [5, 5.41) is 27.1. The van der Waals surface area contributed by atoms with E-state index >= 15 is 0 Å². The average Bonchev–Trinajstić information content (AvgIpc) is 2.74. The molecule has 1 atom stereocenters. The van der Waals surface area contributed by atoms with Gasteiger partial charge in [0.05, 0.1) is 24.9 Å². The lowest BCUT2D eigenvalue weighted by Gasteiger charge is -2.16. The third-order valence-electron chi connectivity index (χ3n) is 4.05. The number of nitro benzene ring substituents is 1. The number of hydrazone groups is 1. The summed E-state index contributed by atoms with van der Waals surface area (Å²) in [6.07, 6.45) is 0.595. The van der Waals surface area contributed by atoms with E-state index in [1.54, 1.807) is 31.2 Å². The number of hydrogen-bond donors (Lipinski definition) is 3. The lowest BCUT2D eigenvalue weighted by molar-refractivity contribution is -0.386. The van der Waals surface area contributed by atoms with Crippen LogP contribution in [-0.2, 0) is 16.0 Å². The first-order valence-corrected chi connectivity index (χ1v) is 9.21. The second-order valence-electron chi connectivity index (χ2n) is 6.19. The number of methoxy groups -OCH3 is 1. The SMILES string of the molecule is CCOC(=O)N[C@@H](Cc1ccccc1)C(=O)N/N=C\c1cc(OC)c(O)c([N+](=O)[O-])c1. The van der Waals surface area contributed by atoms with E-state index in [4.69, 9.17) is 9.47 Å². The molecule has 0 aliphatic rings. The lowest BCUT2D eigenvalue weighted by atomic mass is 10.1. The van der Waals surface area contributed by atoms with Gasteiger partial charge in [0.1, 0.15) is 6.04 Å². The minimum Gasteiger partial charge on any atom is -0.500 e. The van der Waals surface area contributed by atoms with E-state index in [-0.39, 0.29) is 24.3 Å². The number of rotatable bonds is 9. The van der Waals surface area contributed by atoms with Crippen molar-refractivity contribution in [3.05, 3.63) is 63.7 Å². The number of hydrogen-bond acceptors (Lipinski definition) is 8. The smallest absolute Gasteiger partial charge is 0.407 e. The van der Waals surface area contributed by atoms with E-state index in [1.807, 2.05) is 6.07 Å². The van der Waals surface area contributed by atoms with Crippen LogP contribution in [0.2, 0.25) is 0 Å². The van der Waals surface area contributed by atoms with Gasteiger partial charge in [-0.2, -0.15) is 5.10 Å². The molecule has 0 heterocycles. The second kappa shape index (κ2) is 11.1. The number of ether oxygens (including phenoxy) is 2. The number of amides is 2. The molecule has 0 unspecified atom stereocenters. The molecule has 2 amide bonds. The maximum absolute atomic E-state index is 12.6. The number of carbonyl (C=O) groups excluding carboxylic acids is 2. The summed E-state index contributed by atoms with van der Waals surface area (Å²) in [4.78, 5) is 34.7. The highest BCUT2D eigenvalue weighted by molar-refractivity contribution is 5.88. The van der Waals surface area contributed by atoms with Gasteiger partial charge in [-0.3, -0.25) is 14.9 Å². The van der Waals surface area contributed by atoms with E-state index in [2.05, 4.69) is 15.8 Å². The van der Waals surface area contributed by atoms with Crippen LogP contribution in [0.25, 0.3) is 0 Å². The topological polar surface area (TPSA) is 152 Å². The standard InChI is InChI=1S/C20H22N4O7/c1-3-31-20(27)22-15(9-13-7-5-4-6-8-13)19(26)23-21-12-14-10-16(24(28)29)18(25)17(11-14)30-2/h4-8,10-12,15,25H,3,9H2,1-2H3,(H,22,27)(H,23,26)/b21-12-/t15-/m0/s1. The van der Waals surface area contributed by atoms with Crippen LogP contribution in [0.15, 0.2) is 47.6 Å². The van der Waals surface area contributed by atoms with E-state index in [0.29, 0.717) is 0 Å². The molecular weight excluding hydrogens is 408 g/mol. The number of phenols is 1. The first kappa shape index (κ1) is 23.1. The molecule has 2 rings (SSSR count). The highest BCUT2D eigenvalue weighted by Crippen LogP contribution is 2.36. The molecular formula is C20H22N4O7. The van der Waals surface area contributed by atoms with Crippen LogP contribution in [-0.4, -0.2) is 48.0 Å². The van der Waals surface area contributed by atoms with Crippen molar-refractivity contribution >= 4 is 23.9 Å². The number of aromatic hydroxyl groups is 1. The number of benzene rings is 2. The van der Waals surface area contributed by atoms with Crippen molar-refractivity contribution < 1.29 is 29.1 Å². The molecule has 2 aromatic carbocycles. The summed E-state index contributed by atoms with van der Waals surface area (Å²) in [6, 6.07) is 10.5. The van der Waals surface area contributed by atoms with Crippen LogP contribution in [0, 0.1) is 10.1 Å². The predicted octanol–water partition coefficient (Wildman–Crippen LogP) is 2.12. The Morgan fingerprint density at radius 1 is 1.29 bits per heavy atom. The van der Waals surface area contributed by atoms with Gasteiger partial charge in [0.25, 0.3) is 5.91 Å². The molecule has 3 N–H and O–H groups in total. The molecule has 0 fully saturated rings. The first-order chi connectivity index (χ1) is 14.8. The zero-order valence-electron chi connectivity index (χ0n) is 16.9. The fraction of sp³-hybridized carbons (Fsp3) is 0.250. The molecule has 0 aliphatic heterocycles. The van der Waals surface area contributed by atoms with E-state index in [0.717, 1.165) is 17.8 Å². The Labute approximate surface area is 177 Å². The number of alkyl carbamates (subject to hydrolysis) is 1. The van der Waals surface area contributed by atoms with Crippen molar-refractivity contribution in [1.82, 2.24) is 10.7 Å². The molecule has 31 heavy (non-hydrogen) atoms. The summed E-state index contributed by atoms with van der Waals surface area (Å²) in [5.41, 5.74) is 2.73. The quantitative estimate of drug-likeness (QED) is 0.313. The average molecular weight is 430 g/mol. The van der Waals surface area contributed by atoms with Crippen molar-refractivity contribution in [3.8, 4) is 11.5 Å². The van der Waals surface area contributed by atoms with Crippen molar-refractivity contribution in [2.24, 2.45) is 5.10 Å². The van der Waals surface area contributed by atoms with Gasteiger partial charge < -0.3 is 19.9 Å². The fourth-order valence-corrected chi connectivity index (χ4v) is 2.61. The first-order valence-electron chi connectivity index (χ1n) is 9.21. The largest absolute Gasteiger partial charge is 0.500 e. The molecule has 0 aliphatic carbocycles. The highest BCUT2D eigenvalue weighted by atomic mass is 16.6. The zero-order valence-corrected chi connectivity index (χ0v) is 16.9. The van der Waals surface area contributed by atoms with Crippen LogP contribution in [0.4, 0.5) is 10.5 Å². The lowest BCUT2D eigenvalue weighted by Crippen LogP contribution is -2.47. The number of nitro groups is 1. The zero-order chi connectivity index (χ0) is 22.8. The Bertz CT molecular complexity index is 964. The van der Waals surface area contributed by atoms with E-state index < -0.39 is 34.4 Å². The van der Waals surface area contributed by atoms with Gasteiger partial charge >= 0.3 is 11.8 Å². The van der Waals surface area contributed by atoms with E-state index in [9.17, 15) is 24.8 Å². The summed E-state index contributed by atoms with van der Waals surface area (Å²) in [7, 11) is 1.25. The minimum absolute atomic E-state index is 0.118. The molecule has 164 valence electrons. The molecule has 11 nitrogen and oxygen atoms in total. The van der Waals surface area contributed by atoms with Crippen LogP contribution in [0.1, 0.15) is 18.1 Å². The highest BCUT2D eigenvalue weighted by Gasteiger charge is 2.22. The normalized spacial score (nSPS) is 11.5. The Balaban J connectivity index is 2.15. The van der Waals surface area contributed by atoms with Gasteiger partial charge in [-0.25, -0.2) is 10.2 Å². The molecule has 0 aromatic heterocycles. The molecule has 0 saturated heterocycles. The van der Waals surface area contributed by atoms with Crippen LogP contribution >= 0.6 is 0 Å². The van der Waals surface area contributed by atoms with Crippen LogP contribution in [0.5, 0.6) is 11.5 Å². The number of nitrogens with one attached hydrogen (secondary N) is 2. The minimum atomic E-state index is -0.970. The van der Waals surface area contributed by atoms with Crippen molar-refractivity contribution in [2.75, 3.05) is 13.7 Å². The molecule has 0 radical (unpaired) electrons. The summed E-state index contributed by atoms with van der Waals surface area (Å²) in [6.45, 7) is 1.78. The summed E-state index contributed by atoms with van der Waals surface area (Å²) >= 11 is 0. The van der Waals surface area contributed by atoms with Gasteiger partial charge in [0.15, 0.2) is 5.75 Å². The van der Waals surface area contributed by atoms with Crippen LogP contribution in [0.3, 0.4) is 0 Å². The van der Waals surface area contributed by atoms with Gasteiger partial charge in [0.2, 0.25) is 5.75 Å². The summed E-state index contributed by atoms with van der Waals surface area (Å²) < 4.78 is 9.75. The van der Waals surface area contributed by atoms with Gasteiger partial charge in [-0.1, -0.05) is 30.3 Å². The monoisotopic (exact) mass is 430 g/mol. The number of carbonyl (C=O) groups is 2. The Kier molecular flexibility index (Phi) is 8.31. The van der Waals surface area contributed by atoms with Crippen molar-refractivity contribution in [2.45, 2.75) is 19.4 Å². The Hall–Kier alpha value is -4.15. The third-order valence-corrected chi connectivity index (χ3v) is 4.05. The molecule has 2 aromatic rings. The third kappa shape index (κ3) is 6.70. The van der Waals surface area contributed by atoms with Gasteiger partial charge in [-0.05, 0) is 18.6 Å².